The summed E-state index contributed by atoms with van der Waals surface area (Å²) in [6.07, 6.45) is 1.35. The number of para-hydroxylation sites is 1. The number of amides is 1. The zero-order valence-corrected chi connectivity index (χ0v) is 14.3. The number of nitrogens with one attached hydrogen (secondary N) is 1. The summed E-state index contributed by atoms with van der Waals surface area (Å²) in [6.45, 7) is 0.323. The fourth-order valence-electron chi connectivity index (χ4n) is 2.29. The monoisotopic (exact) mass is 343 g/mol. The third-order valence-corrected chi connectivity index (χ3v) is 3.59. The van der Waals surface area contributed by atoms with E-state index >= 15 is 0 Å². The molecule has 0 bridgehead atoms. The van der Waals surface area contributed by atoms with Gasteiger partial charge in [-0.25, -0.2) is 0 Å². The van der Waals surface area contributed by atoms with Gasteiger partial charge < -0.3 is 19.5 Å². The summed E-state index contributed by atoms with van der Waals surface area (Å²) in [5.41, 5.74) is 1.44. The van der Waals surface area contributed by atoms with Crippen molar-refractivity contribution in [3.8, 4) is 17.2 Å². The van der Waals surface area contributed by atoms with Crippen molar-refractivity contribution in [1.29, 1.82) is 0 Å². The van der Waals surface area contributed by atoms with E-state index in [0.29, 0.717) is 42.1 Å². The third kappa shape index (κ3) is 5.24. The predicted molar refractivity (Wildman–Crippen MR) is 93.6 cm³/mol. The van der Waals surface area contributed by atoms with Gasteiger partial charge in [0, 0.05) is 6.54 Å². The number of methoxy groups -OCH3 is 2. The van der Waals surface area contributed by atoms with Gasteiger partial charge in [0.25, 0.3) is 5.91 Å². The van der Waals surface area contributed by atoms with Gasteiger partial charge in [-0.15, -0.1) is 0 Å². The van der Waals surface area contributed by atoms with Crippen LogP contribution in [0.15, 0.2) is 42.5 Å². The zero-order valence-electron chi connectivity index (χ0n) is 14.3. The van der Waals surface area contributed by atoms with Crippen molar-refractivity contribution in [2.75, 3.05) is 27.4 Å². The Bertz CT molecular complexity index is 730. The largest absolute Gasteiger partial charge is 0.493 e. The van der Waals surface area contributed by atoms with Crippen LogP contribution in [0.2, 0.25) is 0 Å². The fraction of sp³-hybridized carbons (Fsp3) is 0.263. The molecule has 0 aromatic heterocycles. The first-order chi connectivity index (χ1) is 12.2. The van der Waals surface area contributed by atoms with Gasteiger partial charge >= 0.3 is 0 Å². The van der Waals surface area contributed by atoms with Crippen LogP contribution in [0.5, 0.6) is 17.2 Å². The molecule has 0 heterocycles. The van der Waals surface area contributed by atoms with Crippen molar-refractivity contribution in [3.63, 3.8) is 0 Å². The van der Waals surface area contributed by atoms with Gasteiger partial charge in [0.2, 0.25) is 0 Å². The number of carbonyl (C=O) groups excluding carboxylic acids is 2. The second-order valence-corrected chi connectivity index (χ2v) is 5.23. The molecule has 1 N–H and O–H groups in total. The van der Waals surface area contributed by atoms with Crippen LogP contribution in [0.1, 0.15) is 15.9 Å². The zero-order chi connectivity index (χ0) is 18.1. The summed E-state index contributed by atoms with van der Waals surface area (Å²) >= 11 is 0. The van der Waals surface area contributed by atoms with E-state index in [1.54, 1.807) is 38.5 Å². The van der Waals surface area contributed by atoms with Crippen LogP contribution in [0, 0.1) is 0 Å². The third-order valence-electron chi connectivity index (χ3n) is 3.59. The number of benzene rings is 2. The Morgan fingerprint density at radius 3 is 2.52 bits per heavy atom. The smallest absolute Gasteiger partial charge is 0.257 e. The predicted octanol–water partition coefficient (Wildman–Crippen LogP) is 2.25. The Morgan fingerprint density at radius 2 is 1.80 bits per heavy atom. The molecule has 0 atom stereocenters. The normalized spacial score (nSPS) is 10.0. The second-order valence-electron chi connectivity index (χ2n) is 5.23. The number of hydrogen-bond acceptors (Lipinski definition) is 5. The van der Waals surface area contributed by atoms with Crippen LogP contribution < -0.4 is 19.5 Å². The molecule has 0 spiro atoms. The maximum atomic E-state index is 11.9. The van der Waals surface area contributed by atoms with E-state index in [4.69, 9.17) is 14.2 Å². The number of ether oxygens (including phenoxy) is 3. The number of carbonyl (C=O) groups is 2. The van der Waals surface area contributed by atoms with Crippen molar-refractivity contribution in [2.45, 2.75) is 6.42 Å². The molecule has 0 fully saturated rings. The summed E-state index contributed by atoms with van der Waals surface area (Å²) in [4.78, 5) is 22.8. The second kappa shape index (κ2) is 9.32. The minimum atomic E-state index is -0.249. The minimum Gasteiger partial charge on any atom is -0.493 e. The number of rotatable bonds is 9. The first kappa shape index (κ1) is 18.3. The highest BCUT2D eigenvalue weighted by atomic mass is 16.5. The molecule has 6 nitrogen and oxygen atoms in total. The number of aldehydes is 1. The molecule has 2 aromatic rings. The Morgan fingerprint density at radius 1 is 1.04 bits per heavy atom. The number of hydrogen-bond donors (Lipinski definition) is 1. The fourth-order valence-corrected chi connectivity index (χ4v) is 2.29. The van der Waals surface area contributed by atoms with Crippen molar-refractivity contribution in [2.24, 2.45) is 0 Å². The Labute approximate surface area is 146 Å². The molecular formula is C19H21NO5. The lowest BCUT2D eigenvalue weighted by Crippen LogP contribution is -2.30. The van der Waals surface area contributed by atoms with Crippen LogP contribution in [-0.4, -0.2) is 39.6 Å². The molecule has 0 unspecified atom stereocenters. The minimum absolute atomic E-state index is 0.142. The van der Waals surface area contributed by atoms with Crippen LogP contribution in [0.25, 0.3) is 0 Å². The van der Waals surface area contributed by atoms with E-state index in [-0.39, 0.29) is 12.5 Å². The van der Waals surface area contributed by atoms with Crippen molar-refractivity contribution >= 4 is 12.2 Å². The average Bonchev–Trinajstić information content (AvgIpc) is 2.66. The summed E-state index contributed by atoms with van der Waals surface area (Å²) in [6, 6.07) is 12.4. The SMILES string of the molecule is COc1ccc(CCNC(=O)COc2ccccc2C=O)cc1OC. The molecule has 0 saturated heterocycles. The van der Waals surface area contributed by atoms with Crippen molar-refractivity contribution < 1.29 is 23.8 Å². The highest BCUT2D eigenvalue weighted by molar-refractivity contribution is 5.80. The average molecular weight is 343 g/mol. The topological polar surface area (TPSA) is 73.9 Å². The maximum Gasteiger partial charge on any atom is 0.257 e. The summed E-state index contributed by atoms with van der Waals surface area (Å²) < 4.78 is 15.8. The first-order valence-electron chi connectivity index (χ1n) is 7.82. The first-order valence-corrected chi connectivity index (χ1v) is 7.82. The van der Waals surface area contributed by atoms with Gasteiger partial charge in [0.05, 0.1) is 19.8 Å². The highest BCUT2D eigenvalue weighted by Gasteiger charge is 2.07. The summed E-state index contributed by atoms with van der Waals surface area (Å²) in [5, 5.41) is 2.78. The lowest BCUT2D eigenvalue weighted by atomic mass is 10.1. The van der Waals surface area contributed by atoms with E-state index in [1.165, 1.54) is 0 Å². The van der Waals surface area contributed by atoms with Gasteiger partial charge in [-0.3, -0.25) is 9.59 Å². The quantitative estimate of drug-likeness (QED) is 0.707. The van der Waals surface area contributed by atoms with Crippen LogP contribution in [0.4, 0.5) is 0 Å². The Hall–Kier alpha value is -3.02. The molecule has 0 radical (unpaired) electrons. The molecule has 1 amide bonds. The van der Waals surface area contributed by atoms with Gasteiger partial charge in [-0.1, -0.05) is 18.2 Å². The highest BCUT2D eigenvalue weighted by Crippen LogP contribution is 2.27. The molecular weight excluding hydrogens is 322 g/mol. The molecule has 2 aromatic carbocycles. The maximum absolute atomic E-state index is 11.9. The van der Waals surface area contributed by atoms with Crippen LogP contribution >= 0.6 is 0 Å². The van der Waals surface area contributed by atoms with Gasteiger partial charge in [-0.2, -0.15) is 0 Å². The Balaban J connectivity index is 1.79. The molecule has 0 saturated carbocycles. The molecule has 132 valence electrons. The van der Waals surface area contributed by atoms with E-state index in [0.717, 1.165) is 5.56 Å². The van der Waals surface area contributed by atoms with E-state index in [2.05, 4.69) is 5.32 Å². The van der Waals surface area contributed by atoms with Crippen LogP contribution in [-0.2, 0) is 11.2 Å². The molecule has 6 heteroatoms. The molecule has 25 heavy (non-hydrogen) atoms. The van der Waals surface area contributed by atoms with Crippen molar-refractivity contribution in [3.05, 3.63) is 53.6 Å². The molecule has 0 aliphatic carbocycles. The van der Waals surface area contributed by atoms with Gasteiger partial charge in [0.1, 0.15) is 5.75 Å². The summed E-state index contributed by atoms with van der Waals surface area (Å²) in [7, 11) is 3.17. The molecule has 0 aliphatic rings. The molecule has 2 rings (SSSR count). The van der Waals surface area contributed by atoms with Crippen molar-refractivity contribution in [1.82, 2.24) is 5.32 Å². The molecule has 0 aliphatic heterocycles. The van der Waals surface area contributed by atoms with Gasteiger partial charge in [0.15, 0.2) is 24.4 Å². The van der Waals surface area contributed by atoms with E-state index in [1.807, 2.05) is 18.2 Å². The van der Waals surface area contributed by atoms with E-state index < -0.39 is 0 Å². The van der Waals surface area contributed by atoms with E-state index in [9.17, 15) is 9.59 Å². The lowest BCUT2D eigenvalue weighted by Gasteiger charge is -2.11. The van der Waals surface area contributed by atoms with Crippen LogP contribution in [0.3, 0.4) is 0 Å². The standard InChI is InChI=1S/C19H21NO5/c1-23-17-8-7-14(11-18(17)24-2)9-10-20-19(22)13-25-16-6-4-3-5-15(16)12-21/h3-8,11-12H,9-10,13H2,1-2H3,(H,20,22). The summed E-state index contributed by atoms with van der Waals surface area (Å²) in [5.74, 6) is 1.46. The van der Waals surface area contributed by atoms with Gasteiger partial charge in [-0.05, 0) is 36.2 Å². The Kier molecular flexibility index (Phi) is 6.83. The lowest BCUT2D eigenvalue weighted by molar-refractivity contribution is -0.123.